The SMILES string of the molecule is C[C@@H](CO[Si](C)(C)C(C)(C)C)Oc1cccc(O[Si](C)(C)C(C)(C)C)c1. The van der Waals surface area contributed by atoms with E-state index in [1.165, 1.54) is 0 Å². The molecule has 1 atom stereocenters. The van der Waals surface area contributed by atoms with Gasteiger partial charge in [-0.3, -0.25) is 0 Å². The predicted octanol–water partition coefficient (Wildman–Crippen LogP) is 6.86. The predicted molar refractivity (Wildman–Crippen MR) is 118 cm³/mol. The van der Waals surface area contributed by atoms with E-state index in [9.17, 15) is 0 Å². The summed E-state index contributed by atoms with van der Waals surface area (Å²) in [6.07, 6.45) is 0.00671. The monoisotopic (exact) mass is 396 g/mol. The van der Waals surface area contributed by atoms with Gasteiger partial charge in [0.2, 0.25) is 8.32 Å². The molecular formula is C21H40O3Si2. The highest BCUT2D eigenvalue weighted by Crippen LogP contribution is 2.38. The molecule has 0 aliphatic carbocycles. The number of ether oxygens (including phenoxy) is 1. The van der Waals surface area contributed by atoms with Gasteiger partial charge in [-0.2, -0.15) is 0 Å². The van der Waals surface area contributed by atoms with Crippen LogP contribution in [0.25, 0.3) is 0 Å². The van der Waals surface area contributed by atoms with Crippen LogP contribution in [0, 0.1) is 0 Å². The average molecular weight is 397 g/mol. The van der Waals surface area contributed by atoms with Gasteiger partial charge in [0.05, 0.1) is 6.61 Å². The molecule has 0 aliphatic heterocycles. The van der Waals surface area contributed by atoms with Crippen LogP contribution < -0.4 is 9.16 Å². The molecule has 0 radical (unpaired) electrons. The summed E-state index contributed by atoms with van der Waals surface area (Å²) in [4.78, 5) is 0. The van der Waals surface area contributed by atoms with Crippen molar-refractivity contribution in [3.8, 4) is 11.5 Å². The summed E-state index contributed by atoms with van der Waals surface area (Å²) in [5.41, 5.74) is 0. The molecule has 0 amide bonds. The Labute approximate surface area is 163 Å². The van der Waals surface area contributed by atoms with Gasteiger partial charge in [0.1, 0.15) is 17.6 Å². The quantitative estimate of drug-likeness (QED) is 0.471. The van der Waals surface area contributed by atoms with Gasteiger partial charge in [-0.15, -0.1) is 0 Å². The molecule has 150 valence electrons. The molecule has 0 saturated carbocycles. The van der Waals surface area contributed by atoms with Crippen LogP contribution >= 0.6 is 0 Å². The number of benzene rings is 1. The molecule has 0 bridgehead atoms. The average Bonchev–Trinajstić information content (AvgIpc) is 2.42. The van der Waals surface area contributed by atoms with Gasteiger partial charge in [0.15, 0.2) is 8.32 Å². The minimum atomic E-state index is -1.84. The van der Waals surface area contributed by atoms with E-state index in [0.29, 0.717) is 6.61 Å². The molecule has 0 fully saturated rings. The third-order valence-electron chi connectivity index (χ3n) is 5.81. The molecule has 1 aromatic carbocycles. The normalized spacial score (nSPS) is 14.9. The lowest BCUT2D eigenvalue weighted by Crippen LogP contribution is -2.43. The molecule has 0 N–H and O–H groups in total. The van der Waals surface area contributed by atoms with Gasteiger partial charge >= 0.3 is 0 Å². The van der Waals surface area contributed by atoms with Crippen LogP contribution in [0.5, 0.6) is 11.5 Å². The summed E-state index contributed by atoms with van der Waals surface area (Å²) in [7, 11) is -3.59. The van der Waals surface area contributed by atoms with Crippen LogP contribution in [-0.4, -0.2) is 29.3 Å². The smallest absolute Gasteiger partial charge is 0.250 e. The molecule has 0 aliphatic rings. The highest BCUT2D eigenvalue weighted by atomic mass is 28.4. The first-order valence-corrected chi connectivity index (χ1v) is 15.5. The Hall–Kier alpha value is -0.786. The second-order valence-corrected chi connectivity index (χ2v) is 19.9. The van der Waals surface area contributed by atoms with E-state index in [1.807, 2.05) is 24.3 Å². The summed E-state index contributed by atoms with van der Waals surface area (Å²) >= 11 is 0. The van der Waals surface area contributed by atoms with Crippen molar-refractivity contribution >= 4 is 16.6 Å². The second kappa shape index (κ2) is 8.07. The summed E-state index contributed by atoms with van der Waals surface area (Å²) in [6, 6.07) is 8.01. The van der Waals surface area contributed by atoms with Crippen LogP contribution in [0.3, 0.4) is 0 Å². The first kappa shape index (κ1) is 23.3. The Morgan fingerprint density at radius 3 is 1.85 bits per heavy atom. The maximum atomic E-state index is 6.38. The van der Waals surface area contributed by atoms with E-state index in [-0.39, 0.29) is 16.2 Å². The Bertz CT molecular complexity index is 584. The van der Waals surface area contributed by atoms with E-state index >= 15 is 0 Å². The Balaban J connectivity index is 2.72. The maximum Gasteiger partial charge on any atom is 0.250 e. The lowest BCUT2D eigenvalue weighted by Gasteiger charge is -2.37. The van der Waals surface area contributed by atoms with Gasteiger partial charge in [-0.05, 0) is 55.3 Å². The Morgan fingerprint density at radius 2 is 1.35 bits per heavy atom. The largest absolute Gasteiger partial charge is 0.543 e. The third-order valence-corrected chi connectivity index (χ3v) is 14.7. The van der Waals surface area contributed by atoms with Crippen molar-refractivity contribution in [1.29, 1.82) is 0 Å². The molecule has 5 heteroatoms. The summed E-state index contributed by atoms with van der Waals surface area (Å²) in [5.74, 6) is 1.74. The highest BCUT2D eigenvalue weighted by molar-refractivity contribution is 6.75. The molecule has 0 aromatic heterocycles. The molecule has 1 rings (SSSR count). The standard InChI is InChI=1S/C21H40O3Si2/c1-17(16-22-25(8,9)20(2,3)4)23-18-13-12-14-19(15-18)24-26(10,11)21(5,6)7/h12-15,17H,16H2,1-11H3/t17-/m0/s1. The van der Waals surface area contributed by atoms with E-state index in [0.717, 1.165) is 11.5 Å². The van der Waals surface area contributed by atoms with Crippen LogP contribution in [0.4, 0.5) is 0 Å². The fourth-order valence-corrected chi connectivity index (χ4v) is 3.97. The van der Waals surface area contributed by atoms with Crippen LogP contribution in [0.15, 0.2) is 24.3 Å². The molecule has 0 spiro atoms. The van der Waals surface area contributed by atoms with E-state index < -0.39 is 16.6 Å². The van der Waals surface area contributed by atoms with Crippen LogP contribution in [0.1, 0.15) is 48.5 Å². The Kier molecular flexibility index (Phi) is 7.22. The fourth-order valence-electron chi connectivity index (χ4n) is 1.87. The van der Waals surface area contributed by atoms with Crippen molar-refractivity contribution < 1.29 is 13.6 Å². The van der Waals surface area contributed by atoms with Crippen LogP contribution in [0.2, 0.25) is 36.3 Å². The topological polar surface area (TPSA) is 27.7 Å². The van der Waals surface area contributed by atoms with Crippen molar-refractivity contribution in [2.75, 3.05) is 6.61 Å². The molecular weight excluding hydrogens is 356 g/mol. The summed E-state index contributed by atoms with van der Waals surface area (Å²) in [5, 5.41) is 0.387. The minimum absolute atomic E-state index is 0.00671. The van der Waals surface area contributed by atoms with Crippen molar-refractivity contribution in [1.82, 2.24) is 0 Å². The molecule has 26 heavy (non-hydrogen) atoms. The lowest BCUT2D eigenvalue weighted by molar-refractivity contribution is 0.134. The van der Waals surface area contributed by atoms with Crippen molar-refractivity contribution in [2.24, 2.45) is 0 Å². The second-order valence-electron chi connectivity index (χ2n) is 10.3. The minimum Gasteiger partial charge on any atom is -0.543 e. The van der Waals surface area contributed by atoms with Gasteiger partial charge in [-0.1, -0.05) is 47.6 Å². The van der Waals surface area contributed by atoms with Crippen molar-refractivity contribution in [3.63, 3.8) is 0 Å². The van der Waals surface area contributed by atoms with E-state index in [2.05, 4.69) is 74.7 Å². The molecule has 0 unspecified atom stereocenters. The van der Waals surface area contributed by atoms with Gasteiger partial charge in [-0.25, -0.2) is 0 Å². The van der Waals surface area contributed by atoms with Gasteiger partial charge in [0, 0.05) is 6.07 Å². The van der Waals surface area contributed by atoms with E-state index in [1.54, 1.807) is 0 Å². The van der Waals surface area contributed by atoms with Gasteiger partial charge in [0.25, 0.3) is 0 Å². The zero-order chi connectivity index (χ0) is 20.4. The number of hydrogen-bond acceptors (Lipinski definition) is 3. The van der Waals surface area contributed by atoms with Crippen molar-refractivity contribution in [2.45, 2.75) is 90.8 Å². The highest BCUT2D eigenvalue weighted by Gasteiger charge is 2.39. The molecule has 1 aromatic rings. The first-order valence-electron chi connectivity index (χ1n) is 9.65. The zero-order valence-corrected chi connectivity index (χ0v) is 20.8. The number of hydrogen-bond donors (Lipinski definition) is 0. The third kappa shape index (κ3) is 6.43. The van der Waals surface area contributed by atoms with Gasteiger partial charge < -0.3 is 13.6 Å². The Morgan fingerprint density at radius 1 is 0.846 bits per heavy atom. The fraction of sp³-hybridized carbons (Fsp3) is 0.714. The summed E-state index contributed by atoms with van der Waals surface area (Å²) < 4.78 is 18.8. The molecule has 0 saturated heterocycles. The first-order chi connectivity index (χ1) is 11.6. The van der Waals surface area contributed by atoms with Crippen molar-refractivity contribution in [3.05, 3.63) is 24.3 Å². The molecule has 3 nitrogen and oxygen atoms in total. The van der Waals surface area contributed by atoms with E-state index in [4.69, 9.17) is 13.6 Å². The summed E-state index contributed by atoms with van der Waals surface area (Å²) in [6.45, 7) is 25.3. The number of rotatable bonds is 7. The maximum absolute atomic E-state index is 6.38. The lowest BCUT2D eigenvalue weighted by atomic mass is 10.2. The molecule has 0 heterocycles. The van der Waals surface area contributed by atoms with Crippen LogP contribution in [-0.2, 0) is 4.43 Å². The zero-order valence-electron chi connectivity index (χ0n) is 18.8.